The number of rotatable bonds is 5. The molecule has 0 fully saturated rings. The maximum atomic E-state index is 12.0. The van der Waals surface area contributed by atoms with E-state index in [1.165, 1.54) is 11.3 Å². The zero-order valence-electron chi connectivity index (χ0n) is 12.5. The number of ether oxygens (including phenoxy) is 2. The molecule has 0 aliphatic carbocycles. The highest BCUT2D eigenvalue weighted by molar-refractivity contribution is 7.23. The van der Waals surface area contributed by atoms with Crippen LogP contribution in [0.3, 0.4) is 0 Å². The highest BCUT2D eigenvalue weighted by Crippen LogP contribution is 2.37. The molecule has 5 nitrogen and oxygen atoms in total. The molecule has 0 saturated carbocycles. The summed E-state index contributed by atoms with van der Waals surface area (Å²) in [5.74, 6) is 0.839. The number of amides is 1. The van der Waals surface area contributed by atoms with E-state index in [0.29, 0.717) is 32.2 Å². The quantitative estimate of drug-likeness (QED) is 0.698. The van der Waals surface area contributed by atoms with E-state index in [4.69, 9.17) is 32.7 Å². The van der Waals surface area contributed by atoms with Crippen molar-refractivity contribution in [1.82, 2.24) is 4.98 Å². The molecule has 8 heteroatoms. The largest absolute Gasteiger partial charge is 0.494 e. The fourth-order valence-electron chi connectivity index (χ4n) is 2.01. The van der Waals surface area contributed by atoms with E-state index in [-0.39, 0.29) is 12.5 Å². The first kappa shape index (κ1) is 16.8. The summed E-state index contributed by atoms with van der Waals surface area (Å²) in [4.78, 5) is 16.4. The number of nitrogens with one attached hydrogen (secondary N) is 1. The van der Waals surface area contributed by atoms with Crippen LogP contribution in [-0.4, -0.2) is 24.6 Å². The zero-order chi connectivity index (χ0) is 17.1. The predicted octanol–water partition coefficient (Wildman–Crippen LogP) is 4.63. The van der Waals surface area contributed by atoms with Crippen molar-refractivity contribution in [3.05, 3.63) is 46.4 Å². The number of fused-ring (bicyclic) bond motifs is 1. The molecule has 1 aromatic heterocycles. The van der Waals surface area contributed by atoms with Crippen molar-refractivity contribution < 1.29 is 14.3 Å². The lowest BCUT2D eigenvalue weighted by atomic mass is 10.3. The van der Waals surface area contributed by atoms with Crippen molar-refractivity contribution in [3.63, 3.8) is 0 Å². The van der Waals surface area contributed by atoms with Crippen LogP contribution in [0.1, 0.15) is 0 Å². The van der Waals surface area contributed by atoms with E-state index in [2.05, 4.69) is 10.3 Å². The molecule has 3 aromatic rings. The molecule has 0 aliphatic heterocycles. The zero-order valence-corrected chi connectivity index (χ0v) is 14.8. The van der Waals surface area contributed by atoms with Crippen LogP contribution in [0.5, 0.6) is 11.5 Å². The minimum Gasteiger partial charge on any atom is -0.494 e. The molecule has 0 aliphatic rings. The Hall–Kier alpha value is -2.02. The minimum absolute atomic E-state index is 0.136. The Kier molecular flexibility index (Phi) is 5.08. The third kappa shape index (κ3) is 3.72. The van der Waals surface area contributed by atoms with Gasteiger partial charge >= 0.3 is 0 Å². The maximum absolute atomic E-state index is 12.0. The van der Waals surface area contributed by atoms with Crippen LogP contribution in [0.2, 0.25) is 10.0 Å². The third-order valence-corrected chi connectivity index (χ3v) is 4.79. The summed E-state index contributed by atoms with van der Waals surface area (Å²) in [5, 5.41) is 4.29. The van der Waals surface area contributed by atoms with Gasteiger partial charge in [-0.2, -0.15) is 0 Å². The molecule has 1 heterocycles. The first-order valence-corrected chi connectivity index (χ1v) is 8.45. The second-order valence-corrected chi connectivity index (χ2v) is 6.58. The second-order valence-electron chi connectivity index (χ2n) is 4.74. The summed E-state index contributed by atoms with van der Waals surface area (Å²) >= 11 is 13.2. The van der Waals surface area contributed by atoms with Gasteiger partial charge in [-0.3, -0.25) is 10.1 Å². The Morgan fingerprint density at radius 3 is 2.67 bits per heavy atom. The maximum Gasteiger partial charge on any atom is 0.264 e. The van der Waals surface area contributed by atoms with Crippen LogP contribution < -0.4 is 14.8 Å². The summed E-state index contributed by atoms with van der Waals surface area (Å²) in [6, 6.07) is 10.2. The van der Waals surface area contributed by atoms with Crippen molar-refractivity contribution in [3.8, 4) is 11.5 Å². The molecule has 0 bridgehead atoms. The van der Waals surface area contributed by atoms with Gasteiger partial charge in [0.2, 0.25) is 0 Å². The van der Waals surface area contributed by atoms with Crippen molar-refractivity contribution in [1.29, 1.82) is 0 Å². The number of anilines is 1. The van der Waals surface area contributed by atoms with Crippen LogP contribution in [0.15, 0.2) is 36.4 Å². The molecule has 0 saturated heterocycles. The average Bonchev–Trinajstić information content (AvgIpc) is 2.99. The Morgan fingerprint density at radius 2 is 1.96 bits per heavy atom. The van der Waals surface area contributed by atoms with Crippen LogP contribution >= 0.6 is 34.5 Å². The summed E-state index contributed by atoms with van der Waals surface area (Å²) in [6.07, 6.45) is 0. The van der Waals surface area contributed by atoms with Crippen molar-refractivity contribution in [2.75, 3.05) is 19.0 Å². The summed E-state index contributed by atoms with van der Waals surface area (Å²) in [6.45, 7) is -0.136. The minimum atomic E-state index is -0.320. The van der Waals surface area contributed by atoms with Gasteiger partial charge in [0.15, 0.2) is 11.7 Å². The lowest BCUT2D eigenvalue weighted by molar-refractivity contribution is -0.118. The van der Waals surface area contributed by atoms with Gasteiger partial charge in [-0.1, -0.05) is 34.5 Å². The van der Waals surface area contributed by atoms with E-state index in [0.717, 1.165) is 4.70 Å². The number of benzene rings is 2. The van der Waals surface area contributed by atoms with Gasteiger partial charge in [-0.05, 0) is 36.4 Å². The predicted molar refractivity (Wildman–Crippen MR) is 96.8 cm³/mol. The number of hydrogen-bond donors (Lipinski definition) is 1. The normalized spacial score (nSPS) is 10.6. The summed E-state index contributed by atoms with van der Waals surface area (Å²) in [5.41, 5.74) is 0.615. The number of nitrogens with zero attached hydrogens (tertiary/aromatic N) is 1. The van der Waals surface area contributed by atoms with E-state index in [1.807, 2.05) is 0 Å². The molecule has 124 valence electrons. The fourth-order valence-corrected chi connectivity index (χ4v) is 3.30. The summed E-state index contributed by atoms with van der Waals surface area (Å²) in [7, 11) is 1.56. The van der Waals surface area contributed by atoms with E-state index in [9.17, 15) is 4.79 Å². The molecule has 1 amide bonds. The van der Waals surface area contributed by atoms with Crippen LogP contribution in [0.25, 0.3) is 10.2 Å². The number of carbonyl (C=O) groups is 1. The number of hydrogen-bond acceptors (Lipinski definition) is 5. The lowest BCUT2D eigenvalue weighted by Gasteiger charge is -2.05. The number of aromatic nitrogens is 1. The highest BCUT2D eigenvalue weighted by Gasteiger charge is 2.14. The first-order valence-electron chi connectivity index (χ1n) is 6.88. The van der Waals surface area contributed by atoms with Crippen molar-refractivity contribution >= 4 is 55.8 Å². The van der Waals surface area contributed by atoms with Crippen molar-refractivity contribution in [2.24, 2.45) is 0 Å². The van der Waals surface area contributed by atoms with E-state index < -0.39 is 0 Å². The highest BCUT2D eigenvalue weighted by atomic mass is 35.5. The van der Waals surface area contributed by atoms with Crippen LogP contribution in [-0.2, 0) is 4.79 Å². The summed E-state index contributed by atoms with van der Waals surface area (Å²) < 4.78 is 11.4. The molecule has 24 heavy (non-hydrogen) atoms. The SMILES string of the molecule is COc1ccc(Cl)c2sc(NC(=O)COc3ccc(Cl)cc3)nc12. The smallest absolute Gasteiger partial charge is 0.264 e. The molecule has 3 rings (SSSR count). The molecule has 2 aromatic carbocycles. The van der Waals surface area contributed by atoms with E-state index in [1.54, 1.807) is 43.5 Å². The molecular weight excluding hydrogens is 371 g/mol. The lowest BCUT2D eigenvalue weighted by Crippen LogP contribution is -2.19. The van der Waals surface area contributed by atoms with Gasteiger partial charge in [0.05, 0.1) is 16.8 Å². The van der Waals surface area contributed by atoms with E-state index >= 15 is 0 Å². The topological polar surface area (TPSA) is 60.5 Å². The number of thiazole rings is 1. The second kappa shape index (κ2) is 7.25. The average molecular weight is 383 g/mol. The standard InChI is InChI=1S/C16H12Cl2N2O3S/c1-22-12-7-6-11(18)15-14(12)20-16(24-15)19-13(21)8-23-10-4-2-9(17)3-5-10/h2-7H,8H2,1H3,(H,19,20,21). The van der Waals surface area contributed by atoms with Gasteiger partial charge in [0.25, 0.3) is 5.91 Å². The number of halogens is 2. The molecule has 0 radical (unpaired) electrons. The van der Waals surface area contributed by atoms with Gasteiger partial charge in [0, 0.05) is 5.02 Å². The molecular formula is C16H12Cl2N2O3S. The van der Waals surface area contributed by atoms with Crippen LogP contribution in [0.4, 0.5) is 5.13 Å². The van der Waals surface area contributed by atoms with Gasteiger partial charge in [-0.25, -0.2) is 4.98 Å². The first-order chi connectivity index (χ1) is 11.6. The Morgan fingerprint density at radius 1 is 1.21 bits per heavy atom. The van der Waals surface area contributed by atoms with Gasteiger partial charge in [-0.15, -0.1) is 0 Å². The third-order valence-electron chi connectivity index (χ3n) is 3.11. The van der Waals surface area contributed by atoms with Gasteiger partial charge < -0.3 is 9.47 Å². The number of carbonyl (C=O) groups excluding carboxylic acids is 1. The monoisotopic (exact) mass is 382 g/mol. The molecule has 0 unspecified atom stereocenters. The molecule has 0 spiro atoms. The fraction of sp³-hybridized carbons (Fsp3) is 0.125. The molecule has 0 atom stereocenters. The van der Waals surface area contributed by atoms with Crippen LogP contribution in [0, 0.1) is 0 Å². The van der Waals surface area contributed by atoms with Gasteiger partial charge in [0.1, 0.15) is 17.0 Å². The Bertz CT molecular complexity index is 881. The molecule has 1 N–H and O–H groups in total. The Labute approximate surface area is 152 Å². The Balaban J connectivity index is 1.69. The van der Waals surface area contributed by atoms with Crippen molar-refractivity contribution in [2.45, 2.75) is 0 Å². The number of methoxy groups -OCH3 is 1.